The predicted molar refractivity (Wildman–Crippen MR) is 86.2 cm³/mol. The summed E-state index contributed by atoms with van der Waals surface area (Å²) in [5.74, 6) is 0.166. The SMILES string of the molecule is Cc1cc(C(=O)N2CCC(C(N)=O)C2)c(C)n1-c1ccccn1. The fourth-order valence-electron chi connectivity index (χ4n) is 3.17. The van der Waals surface area contributed by atoms with E-state index in [1.54, 1.807) is 11.1 Å². The third-order valence-corrected chi connectivity index (χ3v) is 4.42. The Balaban J connectivity index is 1.90. The Kier molecular flexibility index (Phi) is 3.90. The van der Waals surface area contributed by atoms with E-state index >= 15 is 0 Å². The standard InChI is InChI=1S/C17H20N4O2/c1-11-9-14(12(2)21(11)15-5-3-4-7-19-15)17(23)20-8-6-13(10-20)16(18)22/h3-5,7,9,13H,6,8,10H2,1-2H3,(H2,18,22). The molecule has 1 aliphatic heterocycles. The number of rotatable bonds is 3. The summed E-state index contributed by atoms with van der Waals surface area (Å²) < 4.78 is 1.97. The first-order valence-corrected chi connectivity index (χ1v) is 7.68. The van der Waals surface area contributed by atoms with E-state index in [1.165, 1.54) is 0 Å². The number of carbonyl (C=O) groups excluding carboxylic acids is 2. The van der Waals surface area contributed by atoms with Crippen LogP contribution in [0.1, 0.15) is 28.2 Å². The van der Waals surface area contributed by atoms with Gasteiger partial charge in [0.05, 0.1) is 11.5 Å². The van der Waals surface area contributed by atoms with E-state index < -0.39 is 0 Å². The van der Waals surface area contributed by atoms with Crippen molar-refractivity contribution in [2.75, 3.05) is 13.1 Å². The monoisotopic (exact) mass is 312 g/mol. The van der Waals surface area contributed by atoms with Crippen molar-refractivity contribution < 1.29 is 9.59 Å². The van der Waals surface area contributed by atoms with Crippen LogP contribution in [0.3, 0.4) is 0 Å². The number of amides is 2. The van der Waals surface area contributed by atoms with Gasteiger partial charge in [-0.15, -0.1) is 0 Å². The second kappa shape index (κ2) is 5.87. The topological polar surface area (TPSA) is 81.2 Å². The van der Waals surface area contributed by atoms with Gasteiger partial charge in [0.2, 0.25) is 5.91 Å². The van der Waals surface area contributed by atoms with Gasteiger partial charge in [0, 0.05) is 30.7 Å². The molecule has 0 radical (unpaired) electrons. The van der Waals surface area contributed by atoms with E-state index in [2.05, 4.69) is 4.98 Å². The molecule has 23 heavy (non-hydrogen) atoms. The summed E-state index contributed by atoms with van der Waals surface area (Å²) in [5.41, 5.74) is 7.80. The third kappa shape index (κ3) is 2.72. The van der Waals surface area contributed by atoms with Gasteiger partial charge in [-0.25, -0.2) is 4.98 Å². The van der Waals surface area contributed by atoms with Gasteiger partial charge in [-0.1, -0.05) is 6.07 Å². The van der Waals surface area contributed by atoms with Crippen molar-refractivity contribution in [2.45, 2.75) is 20.3 Å². The molecule has 1 atom stereocenters. The summed E-state index contributed by atoms with van der Waals surface area (Å²) in [6, 6.07) is 7.57. The first-order chi connectivity index (χ1) is 11.0. The highest BCUT2D eigenvalue weighted by Gasteiger charge is 2.31. The molecule has 0 saturated carbocycles. The molecule has 120 valence electrons. The molecule has 2 N–H and O–H groups in total. The van der Waals surface area contributed by atoms with Crippen LogP contribution in [0.15, 0.2) is 30.5 Å². The molecule has 1 unspecified atom stereocenters. The van der Waals surface area contributed by atoms with Crippen LogP contribution in [0.25, 0.3) is 5.82 Å². The molecule has 1 aliphatic rings. The van der Waals surface area contributed by atoms with Crippen molar-refractivity contribution in [1.82, 2.24) is 14.5 Å². The van der Waals surface area contributed by atoms with Crippen LogP contribution >= 0.6 is 0 Å². The Hall–Kier alpha value is -2.63. The lowest BCUT2D eigenvalue weighted by Crippen LogP contribution is -2.32. The van der Waals surface area contributed by atoms with Crippen molar-refractivity contribution in [3.05, 3.63) is 47.4 Å². The van der Waals surface area contributed by atoms with Crippen molar-refractivity contribution in [3.63, 3.8) is 0 Å². The number of hydrogen-bond acceptors (Lipinski definition) is 3. The van der Waals surface area contributed by atoms with Crippen molar-refractivity contribution in [1.29, 1.82) is 0 Å². The summed E-state index contributed by atoms with van der Waals surface area (Å²) in [4.78, 5) is 30.1. The zero-order valence-electron chi connectivity index (χ0n) is 13.3. The van der Waals surface area contributed by atoms with Gasteiger partial charge in [0.15, 0.2) is 0 Å². The highest BCUT2D eigenvalue weighted by Crippen LogP contribution is 2.24. The molecule has 2 aromatic rings. The number of nitrogens with two attached hydrogens (primary N) is 1. The van der Waals surface area contributed by atoms with Crippen LogP contribution in [0.5, 0.6) is 0 Å². The van der Waals surface area contributed by atoms with Gasteiger partial charge < -0.3 is 15.2 Å². The smallest absolute Gasteiger partial charge is 0.255 e. The molecule has 0 aliphatic carbocycles. The van der Waals surface area contributed by atoms with Gasteiger partial charge >= 0.3 is 0 Å². The summed E-state index contributed by atoms with van der Waals surface area (Å²) in [7, 11) is 0. The summed E-state index contributed by atoms with van der Waals surface area (Å²) in [6.45, 7) is 4.84. The fourth-order valence-corrected chi connectivity index (χ4v) is 3.17. The minimum absolute atomic E-state index is 0.0518. The Morgan fingerprint density at radius 3 is 2.70 bits per heavy atom. The lowest BCUT2D eigenvalue weighted by Gasteiger charge is -2.16. The van der Waals surface area contributed by atoms with Crippen LogP contribution in [0.2, 0.25) is 0 Å². The number of carbonyl (C=O) groups is 2. The molecule has 2 amide bonds. The molecule has 2 aromatic heterocycles. The molecule has 0 spiro atoms. The zero-order valence-corrected chi connectivity index (χ0v) is 13.3. The average molecular weight is 312 g/mol. The molecule has 3 heterocycles. The average Bonchev–Trinajstić information content (AvgIpc) is 3.13. The maximum absolute atomic E-state index is 12.8. The highest BCUT2D eigenvalue weighted by molar-refractivity contribution is 5.96. The summed E-state index contributed by atoms with van der Waals surface area (Å²) >= 11 is 0. The van der Waals surface area contributed by atoms with E-state index in [9.17, 15) is 9.59 Å². The van der Waals surface area contributed by atoms with E-state index in [1.807, 2.05) is 42.7 Å². The Labute approximate surface area is 134 Å². The van der Waals surface area contributed by atoms with Gasteiger partial charge in [-0.2, -0.15) is 0 Å². The Morgan fingerprint density at radius 1 is 1.30 bits per heavy atom. The van der Waals surface area contributed by atoms with Gasteiger partial charge in [0.1, 0.15) is 5.82 Å². The number of primary amides is 1. The molecule has 1 saturated heterocycles. The summed E-state index contributed by atoms with van der Waals surface area (Å²) in [5, 5.41) is 0. The first kappa shape index (κ1) is 15.3. The second-order valence-corrected chi connectivity index (χ2v) is 5.95. The number of pyridine rings is 1. The molecule has 1 fully saturated rings. The number of likely N-dealkylation sites (tertiary alicyclic amines) is 1. The lowest BCUT2D eigenvalue weighted by molar-refractivity contribution is -0.121. The Bertz CT molecular complexity index is 751. The van der Waals surface area contributed by atoms with Gasteiger partial charge in [-0.05, 0) is 38.5 Å². The maximum atomic E-state index is 12.8. The minimum atomic E-state index is -0.334. The van der Waals surface area contributed by atoms with E-state index in [0.29, 0.717) is 25.1 Å². The molecule has 6 heteroatoms. The molecule has 3 rings (SSSR count). The van der Waals surface area contributed by atoms with Crippen LogP contribution in [0, 0.1) is 19.8 Å². The maximum Gasteiger partial charge on any atom is 0.255 e. The van der Waals surface area contributed by atoms with Crippen molar-refractivity contribution >= 4 is 11.8 Å². The zero-order chi connectivity index (χ0) is 16.6. The first-order valence-electron chi connectivity index (χ1n) is 7.68. The van der Waals surface area contributed by atoms with Gasteiger partial charge in [0.25, 0.3) is 5.91 Å². The van der Waals surface area contributed by atoms with Crippen LogP contribution in [-0.4, -0.2) is 39.4 Å². The number of hydrogen-bond donors (Lipinski definition) is 1. The van der Waals surface area contributed by atoms with Crippen molar-refractivity contribution in [2.24, 2.45) is 11.7 Å². The Morgan fingerprint density at radius 2 is 2.09 bits per heavy atom. The largest absolute Gasteiger partial charge is 0.369 e. The number of nitrogens with zero attached hydrogens (tertiary/aromatic N) is 3. The third-order valence-electron chi connectivity index (χ3n) is 4.42. The van der Waals surface area contributed by atoms with E-state index in [4.69, 9.17) is 5.73 Å². The molecule has 0 bridgehead atoms. The van der Waals surface area contributed by atoms with Crippen LogP contribution < -0.4 is 5.73 Å². The molecular formula is C17H20N4O2. The van der Waals surface area contributed by atoms with Gasteiger partial charge in [-0.3, -0.25) is 9.59 Å². The number of aryl methyl sites for hydroxylation is 1. The molecular weight excluding hydrogens is 292 g/mol. The predicted octanol–water partition coefficient (Wildman–Crippen LogP) is 1.44. The van der Waals surface area contributed by atoms with Crippen molar-refractivity contribution in [3.8, 4) is 5.82 Å². The number of aromatic nitrogens is 2. The van der Waals surface area contributed by atoms with E-state index in [0.717, 1.165) is 17.2 Å². The van der Waals surface area contributed by atoms with Crippen LogP contribution in [0.4, 0.5) is 0 Å². The molecule has 0 aromatic carbocycles. The minimum Gasteiger partial charge on any atom is -0.369 e. The van der Waals surface area contributed by atoms with E-state index in [-0.39, 0.29) is 17.7 Å². The molecule has 6 nitrogen and oxygen atoms in total. The second-order valence-electron chi connectivity index (χ2n) is 5.95. The van der Waals surface area contributed by atoms with Crippen LogP contribution in [-0.2, 0) is 4.79 Å². The normalized spacial score (nSPS) is 17.5. The fraction of sp³-hybridized carbons (Fsp3) is 0.353. The summed E-state index contributed by atoms with van der Waals surface area (Å²) in [6.07, 6.45) is 2.37. The highest BCUT2D eigenvalue weighted by atomic mass is 16.2. The quantitative estimate of drug-likeness (QED) is 0.931. The lowest BCUT2D eigenvalue weighted by atomic mass is 10.1.